The van der Waals surface area contributed by atoms with Crippen LogP contribution >= 0.6 is 0 Å². The molecule has 1 aliphatic rings. The minimum absolute atomic E-state index is 0.0216. The number of carbonyl (C=O) groups is 1. The van der Waals surface area contributed by atoms with Crippen molar-refractivity contribution in [3.8, 4) is 5.75 Å². The number of nitrogens with zero attached hydrogens (tertiary/aromatic N) is 1. The molecule has 1 amide bonds. The second-order valence-corrected chi connectivity index (χ2v) is 6.69. The molecule has 2 aromatic rings. The van der Waals surface area contributed by atoms with Gasteiger partial charge in [-0.15, -0.1) is 0 Å². The van der Waals surface area contributed by atoms with Crippen LogP contribution in [0.1, 0.15) is 35.8 Å². The molecule has 1 atom stereocenters. The summed E-state index contributed by atoms with van der Waals surface area (Å²) in [6.45, 7) is 6.67. The molecule has 1 aliphatic heterocycles. The highest BCUT2D eigenvalue weighted by Gasteiger charge is 2.25. The van der Waals surface area contributed by atoms with Gasteiger partial charge >= 0.3 is 0 Å². The van der Waals surface area contributed by atoms with Crippen molar-refractivity contribution >= 4 is 5.91 Å². The van der Waals surface area contributed by atoms with Crippen LogP contribution < -0.4 is 10.1 Å². The SMILES string of the molecule is Cc1cc(C)cc(OCC(=O)NCC(c2ccco2)N2CCCC2)c1. The lowest BCUT2D eigenvalue weighted by Crippen LogP contribution is -2.38. The van der Waals surface area contributed by atoms with E-state index in [2.05, 4.69) is 16.3 Å². The molecule has 5 nitrogen and oxygen atoms in total. The zero-order valence-electron chi connectivity index (χ0n) is 15.0. The van der Waals surface area contributed by atoms with Gasteiger partial charge < -0.3 is 14.5 Å². The van der Waals surface area contributed by atoms with Crippen LogP contribution in [0, 0.1) is 13.8 Å². The fourth-order valence-corrected chi connectivity index (χ4v) is 3.37. The van der Waals surface area contributed by atoms with Gasteiger partial charge in [-0.3, -0.25) is 9.69 Å². The maximum absolute atomic E-state index is 12.2. The first-order chi connectivity index (χ1) is 12.1. The summed E-state index contributed by atoms with van der Waals surface area (Å²) in [6, 6.07) is 9.91. The van der Waals surface area contributed by atoms with Gasteiger partial charge in [0.15, 0.2) is 6.61 Å². The van der Waals surface area contributed by atoms with Gasteiger partial charge in [0.1, 0.15) is 11.5 Å². The number of hydrogen-bond donors (Lipinski definition) is 1. The number of furan rings is 1. The molecule has 0 saturated carbocycles. The Morgan fingerprint density at radius 2 is 1.96 bits per heavy atom. The van der Waals surface area contributed by atoms with Crippen molar-refractivity contribution in [3.63, 3.8) is 0 Å². The lowest BCUT2D eigenvalue weighted by atomic mass is 10.1. The zero-order valence-corrected chi connectivity index (χ0v) is 15.0. The van der Waals surface area contributed by atoms with E-state index in [1.165, 1.54) is 12.8 Å². The van der Waals surface area contributed by atoms with Crippen molar-refractivity contribution < 1.29 is 13.9 Å². The van der Waals surface area contributed by atoms with Crippen LogP contribution in [0.25, 0.3) is 0 Å². The standard InChI is InChI=1S/C20H26N2O3/c1-15-10-16(2)12-17(11-15)25-14-20(23)21-13-18(19-6-5-9-24-19)22-7-3-4-8-22/h5-6,9-12,18H,3-4,7-8,13-14H2,1-2H3,(H,21,23). The van der Waals surface area contributed by atoms with Crippen molar-refractivity contribution in [2.24, 2.45) is 0 Å². The van der Waals surface area contributed by atoms with Gasteiger partial charge in [-0.1, -0.05) is 6.07 Å². The summed E-state index contributed by atoms with van der Waals surface area (Å²) in [5.74, 6) is 1.52. The number of aryl methyl sites for hydroxylation is 2. The second-order valence-electron chi connectivity index (χ2n) is 6.69. The van der Waals surface area contributed by atoms with Gasteiger partial charge in [0.2, 0.25) is 0 Å². The molecular formula is C20H26N2O3. The lowest BCUT2D eigenvalue weighted by Gasteiger charge is -2.26. The van der Waals surface area contributed by atoms with Crippen molar-refractivity contribution in [3.05, 3.63) is 53.5 Å². The van der Waals surface area contributed by atoms with Crippen molar-refractivity contribution in [1.29, 1.82) is 0 Å². The average molecular weight is 342 g/mol. The number of hydrogen-bond acceptors (Lipinski definition) is 4. The molecule has 0 bridgehead atoms. The van der Waals surface area contributed by atoms with E-state index in [4.69, 9.17) is 9.15 Å². The fourth-order valence-electron chi connectivity index (χ4n) is 3.37. The van der Waals surface area contributed by atoms with Gasteiger partial charge in [-0.2, -0.15) is 0 Å². The van der Waals surface area contributed by atoms with Gasteiger partial charge in [0.05, 0.1) is 12.3 Å². The molecule has 25 heavy (non-hydrogen) atoms. The molecule has 1 fully saturated rings. The largest absolute Gasteiger partial charge is 0.484 e. The first-order valence-corrected chi connectivity index (χ1v) is 8.87. The Labute approximate surface area is 149 Å². The molecular weight excluding hydrogens is 316 g/mol. The number of likely N-dealkylation sites (tertiary alicyclic amines) is 1. The third-order valence-electron chi connectivity index (χ3n) is 4.51. The normalized spacial score (nSPS) is 15.9. The van der Waals surface area contributed by atoms with E-state index >= 15 is 0 Å². The molecule has 0 spiro atoms. The summed E-state index contributed by atoms with van der Waals surface area (Å²) in [4.78, 5) is 14.6. The predicted octanol–water partition coefficient (Wildman–Crippen LogP) is 3.23. The summed E-state index contributed by atoms with van der Waals surface area (Å²) >= 11 is 0. The van der Waals surface area contributed by atoms with E-state index in [0.717, 1.165) is 35.7 Å². The first kappa shape index (κ1) is 17.5. The van der Waals surface area contributed by atoms with E-state index in [1.54, 1.807) is 6.26 Å². The monoisotopic (exact) mass is 342 g/mol. The molecule has 0 radical (unpaired) electrons. The zero-order chi connectivity index (χ0) is 17.6. The minimum Gasteiger partial charge on any atom is -0.484 e. The van der Waals surface area contributed by atoms with Crippen molar-refractivity contribution in [2.45, 2.75) is 32.7 Å². The number of carbonyl (C=O) groups excluding carboxylic acids is 1. The summed E-state index contributed by atoms with van der Waals surface area (Å²) < 4.78 is 11.2. The van der Waals surface area contributed by atoms with Crippen LogP contribution in [0.5, 0.6) is 5.75 Å². The Morgan fingerprint density at radius 1 is 1.24 bits per heavy atom. The van der Waals surface area contributed by atoms with Crippen LogP contribution in [0.15, 0.2) is 41.0 Å². The first-order valence-electron chi connectivity index (χ1n) is 8.87. The second kappa shape index (κ2) is 8.21. The highest BCUT2D eigenvalue weighted by molar-refractivity contribution is 5.77. The topological polar surface area (TPSA) is 54.7 Å². The Balaban J connectivity index is 1.52. The number of nitrogens with one attached hydrogen (secondary N) is 1. The van der Waals surface area contributed by atoms with Crippen LogP contribution in [0.3, 0.4) is 0 Å². The molecule has 134 valence electrons. The van der Waals surface area contributed by atoms with E-state index in [9.17, 15) is 4.79 Å². The van der Waals surface area contributed by atoms with Crippen LogP contribution in [-0.2, 0) is 4.79 Å². The molecule has 0 aliphatic carbocycles. The molecule has 1 saturated heterocycles. The van der Waals surface area contributed by atoms with Crippen LogP contribution in [0.2, 0.25) is 0 Å². The molecule has 3 rings (SSSR count). The summed E-state index contributed by atoms with van der Waals surface area (Å²) in [6.07, 6.45) is 4.07. The van der Waals surface area contributed by atoms with Gasteiger partial charge in [0, 0.05) is 6.54 Å². The third kappa shape index (κ3) is 4.86. The van der Waals surface area contributed by atoms with Gasteiger partial charge in [-0.25, -0.2) is 0 Å². The highest BCUT2D eigenvalue weighted by atomic mass is 16.5. The quantitative estimate of drug-likeness (QED) is 0.839. The summed E-state index contributed by atoms with van der Waals surface area (Å²) in [7, 11) is 0. The fraction of sp³-hybridized carbons (Fsp3) is 0.450. The number of benzene rings is 1. The van der Waals surface area contributed by atoms with E-state index < -0.39 is 0 Å². The Morgan fingerprint density at radius 3 is 2.60 bits per heavy atom. The molecule has 1 unspecified atom stereocenters. The van der Waals surface area contributed by atoms with E-state index in [0.29, 0.717) is 6.54 Å². The van der Waals surface area contributed by atoms with Crippen molar-refractivity contribution in [1.82, 2.24) is 10.2 Å². The maximum Gasteiger partial charge on any atom is 0.258 e. The van der Waals surface area contributed by atoms with Gasteiger partial charge in [0.25, 0.3) is 5.91 Å². The number of ether oxygens (including phenoxy) is 1. The minimum atomic E-state index is -0.116. The Hall–Kier alpha value is -2.27. The Kier molecular flexibility index (Phi) is 5.76. The molecule has 2 heterocycles. The smallest absolute Gasteiger partial charge is 0.258 e. The maximum atomic E-state index is 12.2. The molecule has 1 aromatic heterocycles. The predicted molar refractivity (Wildman–Crippen MR) is 96.7 cm³/mol. The highest BCUT2D eigenvalue weighted by Crippen LogP contribution is 2.24. The molecule has 1 N–H and O–H groups in total. The number of amides is 1. The summed E-state index contributed by atoms with van der Waals surface area (Å²) in [5, 5.41) is 2.98. The van der Waals surface area contributed by atoms with E-state index in [-0.39, 0.29) is 18.6 Å². The number of rotatable bonds is 7. The lowest BCUT2D eigenvalue weighted by molar-refractivity contribution is -0.123. The molecule has 1 aromatic carbocycles. The third-order valence-corrected chi connectivity index (χ3v) is 4.51. The van der Waals surface area contributed by atoms with E-state index in [1.807, 2.05) is 38.1 Å². The van der Waals surface area contributed by atoms with Gasteiger partial charge in [-0.05, 0) is 75.2 Å². The Bertz CT molecular complexity index is 671. The molecule has 5 heteroatoms. The average Bonchev–Trinajstić information content (AvgIpc) is 3.26. The van der Waals surface area contributed by atoms with Crippen LogP contribution in [0.4, 0.5) is 0 Å². The van der Waals surface area contributed by atoms with Crippen molar-refractivity contribution in [2.75, 3.05) is 26.2 Å². The summed E-state index contributed by atoms with van der Waals surface area (Å²) in [5.41, 5.74) is 2.25. The van der Waals surface area contributed by atoms with Crippen LogP contribution in [-0.4, -0.2) is 37.0 Å².